The molecule has 1 heterocycles. The lowest BCUT2D eigenvalue weighted by Gasteiger charge is -2.24. The van der Waals surface area contributed by atoms with E-state index >= 15 is 0 Å². The van der Waals surface area contributed by atoms with E-state index in [0.29, 0.717) is 23.2 Å². The SMILES string of the molecule is CCCC[C@@H](CNC(=O)c1[nH]c2ccc(-c3ccc(F)cc3)cc2c1-c1ccc(F)cc1)NC(=O)OC(C)(C)C. The number of hydrogen-bond acceptors (Lipinski definition) is 3. The molecule has 0 fully saturated rings. The molecule has 0 radical (unpaired) electrons. The first kappa shape index (κ1) is 28.8. The van der Waals surface area contributed by atoms with Crippen molar-refractivity contribution in [2.75, 3.05) is 6.54 Å². The maximum Gasteiger partial charge on any atom is 0.407 e. The minimum atomic E-state index is -0.635. The van der Waals surface area contributed by atoms with Crippen LogP contribution in [-0.2, 0) is 4.74 Å². The Hall–Kier alpha value is -4.20. The highest BCUT2D eigenvalue weighted by Gasteiger charge is 2.23. The molecule has 3 N–H and O–H groups in total. The average molecular weight is 548 g/mol. The molecular formula is C32H35F2N3O3. The Morgan fingerprint density at radius 3 is 2.10 bits per heavy atom. The first-order chi connectivity index (χ1) is 19.0. The maximum absolute atomic E-state index is 13.8. The number of hydrogen-bond donors (Lipinski definition) is 3. The zero-order chi connectivity index (χ0) is 28.9. The topological polar surface area (TPSA) is 83.2 Å². The van der Waals surface area contributed by atoms with Gasteiger partial charge < -0.3 is 20.4 Å². The average Bonchev–Trinajstić information content (AvgIpc) is 3.29. The number of alkyl carbamates (subject to hydrolysis) is 1. The summed E-state index contributed by atoms with van der Waals surface area (Å²) in [5, 5.41) is 6.60. The van der Waals surface area contributed by atoms with Gasteiger partial charge in [-0.2, -0.15) is 0 Å². The van der Waals surface area contributed by atoms with Crippen LogP contribution in [0.1, 0.15) is 57.4 Å². The van der Waals surface area contributed by atoms with Gasteiger partial charge in [0.25, 0.3) is 5.91 Å². The van der Waals surface area contributed by atoms with Crippen LogP contribution in [-0.4, -0.2) is 35.2 Å². The number of carbonyl (C=O) groups excluding carboxylic acids is 2. The van der Waals surface area contributed by atoms with Gasteiger partial charge in [-0.3, -0.25) is 4.79 Å². The summed E-state index contributed by atoms with van der Waals surface area (Å²) < 4.78 is 32.7. The van der Waals surface area contributed by atoms with Crippen LogP contribution in [0.25, 0.3) is 33.2 Å². The number of aromatic amines is 1. The minimum absolute atomic E-state index is 0.205. The molecule has 0 bridgehead atoms. The van der Waals surface area contributed by atoms with Crippen LogP contribution in [0.5, 0.6) is 0 Å². The smallest absolute Gasteiger partial charge is 0.407 e. The van der Waals surface area contributed by atoms with Crippen LogP contribution >= 0.6 is 0 Å². The van der Waals surface area contributed by atoms with Crippen molar-refractivity contribution < 1.29 is 23.1 Å². The van der Waals surface area contributed by atoms with Crippen molar-refractivity contribution in [2.45, 2.75) is 58.6 Å². The van der Waals surface area contributed by atoms with Crippen LogP contribution in [0.3, 0.4) is 0 Å². The molecule has 0 saturated heterocycles. The van der Waals surface area contributed by atoms with E-state index in [1.165, 1.54) is 24.3 Å². The van der Waals surface area contributed by atoms with E-state index < -0.39 is 11.7 Å². The zero-order valence-corrected chi connectivity index (χ0v) is 23.2. The van der Waals surface area contributed by atoms with E-state index in [4.69, 9.17) is 4.74 Å². The third-order valence-corrected chi connectivity index (χ3v) is 6.47. The summed E-state index contributed by atoms with van der Waals surface area (Å²) in [4.78, 5) is 29.2. The van der Waals surface area contributed by atoms with Crippen molar-refractivity contribution in [3.63, 3.8) is 0 Å². The summed E-state index contributed by atoms with van der Waals surface area (Å²) in [7, 11) is 0. The first-order valence-corrected chi connectivity index (χ1v) is 13.5. The number of H-pyrrole nitrogens is 1. The Balaban J connectivity index is 1.65. The van der Waals surface area contributed by atoms with Crippen molar-refractivity contribution in [1.82, 2.24) is 15.6 Å². The van der Waals surface area contributed by atoms with Crippen LogP contribution in [0.4, 0.5) is 13.6 Å². The van der Waals surface area contributed by atoms with Crippen LogP contribution in [0.15, 0.2) is 66.7 Å². The minimum Gasteiger partial charge on any atom is -0.444 e. The summed E-state index contributed by atoms with van der Waals surface area (Å²) in [5.41, 5.74) is 3.39. The highest BCUT2D eigenvalue weighted by Crippen LogP contribution is 2.35. The fourth-order valence-electron chi connectivity index (χ4n) is 4.55. The van der Waals surface area contributed by atoms with Gasteiger partial charge in [0, 0.05) is 29.1 Å². The maximum atomic E-state index is 13.8. The molecule has 6 nitrogen and oxygen atoms in total. The number of rotatable bonds is 9. The number of benzene rings is 3. The molecule has 8 heteroatoms. The molecule has 210 valence electrons. The molecule has 4 rings (SSSR count). The van der Waals surface area contributed by atoms with E-state index in [2.05, 4.69) is 22.5 Å². The van der Waals surface area contributed by atoms with Gasteiger partial charge in [0.15, 0.2) is 0 Å². The fourth-order valence-corrected chi connectivity index (χ4v) is 4.55. The number of amides is 2. The predicted molar refractivity (Wildman–Crippen MR) is 154 cm³/mol. The van der Waals surface area contributed by atoms with Gasteiger partial charge in [0.1, 0.15) is 22.9 Å². The van der Waals surface area contributed by atoms with Gasteiger partial charge in [-0.25, -0.2) is 13.6 Å². The Kier molecular flexibility index (Phi) is 8.87. The molecule has 0 aliphatic rings. The molecule has 3 aromatic carbocycles. The fraction of sp³-hybridized carbons (Fsp3) is 0.312. The molecule has 4 aromatic rings. The van der Waals surface area contributed by atoms with Gasteiger partial charge in [0.2, 0.25) is 0 Å². The largest absolute Gasteiger partial charge is 0.444 e. The summed E-state index contributed by atoms with van der Waals surface area (Å²) >= 11 is 0. The lowest BCUT2D eigenvalue weighted by molar-refractivity contribution is 0.0498. The predicted octanol–water partition coefficient (Wildman–Crippen LogP) is 7.59. The second-order valence-electron chi connectivity index (χ2n) is 10.8. The Morgan fingerprint density at radius 2 is 1.50 bits per heavy atom. The number of unbranched alkanes of at least 4 members (excludes halogenated alkanes) is 1. The number of halogens is 2. The van der Waals surface area contributed by atoms with Gasteiger partial charge in [0.05, 0.1) is 0 Å². The van der Waals surface area contributed by atoms with E-state index in [9.17, 15) is 18.4 Å². The number of ether oxygens (including phenoxy) is 1. The quantitative estimate of drug-likeness (QED) is 0.202. The van der Waals surface area contributed by atoms with Crippen molar-refractivity contribution in [2.24, 2.45) is 0 Å². The number of carbonyl (C=O) groups is 2. The first-order valence-electron chi connectivity index (χ1n) is 13.5. The number of nitrogens with one attached hydrogen (secondary N) is 3. The molecular weight excluding hydrogens is 512 g/mol. The summed E-state index contributed by atoms with van der Waals surface area (Å²) in [6, 6.07) is 17.5. The van der Waals surface area contributed by atoms with E-state index in [1.54, 1.807) is 45.0 Å². The Morgan fingerprint density at radius 1 is 0.900 bits per heavy atom. The van der Waals surface area contributed by atoms with Crippen molar-refractivity contribution >= 4 is 22.9 Å². The lowest BCUT2D eigenvalue weighted by Crippen LogP contribution is -2.45. The molecule has 2 amide bonds. The second-order valence-corrected chi connectivity index (χ2v) is 10.8. The van der Waals surface area contributed by atoms with Crippen molar-refractivity contribution in [3.05, 3.63) is 84.1 Å². The molecule has 0 unspecified atom stereocenters. The Bertz CT molecular complexity index is 1470. The lowest BCUT2D eigenvalue weighted by atomic mass is 9.98. The van der Waals surface area contributed by atoms with Crippen LogP contribution in [0, 0.1) is 11.6 Å². The van der Waals surface area contributed by atoms with Gasteiger partial charge >= 0.3 is 6.09 Å². The molecule has 0 spiro atoms. The normalized spacial score (nSPS) is 12.2. The van der Waals surface area contributed by atoms with Crippen LogP contribution < -0.4 is 10.6 Å². The second kappa shape index (κ2) is 12.3. The Labute approximate surface area is 233 Å². The summed E-state index contributed by atoms with van der Waals surface area (Å²) in [6.45, 7) is 7.65. The molecule has 1 aromatic heterocycles. The summed E-state index contributed by atoms with van der Waals surface area (Å²) in [6.07, 6.45) is 1.95. The standard InChI is InChI=1S/C32H35F2N3O3/c1-5-6-7-25(36-31(39)40-32(2,3)4)19-35-30(38)29-28(21-10-15-24(34)16-11-21)26-18-22(12-17-27(26)37-29)20-8-13-23(33)14-9-20/h8-18,25,37H,5-7,19H2,1-4H3,(H,35,38)(H,36,39)/t25-/m0/s1. The van der Waals surface area contributed by atoms with Crippen molar-refractivity contribution in [3.8, 4) is 22.3 Å². The molecule has 0 aliphatic heterocycles. The molecule has 40 heavy (non-hydrogen) atoms. The third kappa shape index (κ3) is 7.25. The van der Waals surface area contributed by atoms with Gasteiger partial charge in [-0.1, -0.05) is 50.1 Å². The van der Waals surface area contributed by atoms with Crippen LogP contribution in [0.2, 0.25) is 0 Å². The highest BCUT2D eigenvalue weighted by molar-refractivity contribution is 6.10. The van der Waals surface area contributed by atoms with E-state index in [-0.39, 0.29) is 30.1 Å². The third-order valence-electron chi connectivity index (χ3n) is 6.47. The van der Waals surface area contributed by atoms with E-state index in [0.717, 1.165) is 34.9 Å². The van der Waals surface area contributed by atoms with Crippen molar-refractivity contribution in [1.29, 1.82) is 0 Å². The monoisotopic (exact) mass is 547 g/mol. The number of fused-ring (bicyclic) bond motifs is 1. The number of aromatic nitrogens is 1. The zero-order valence-electron chi connectivity index (χ0n) is 23.2. The van der Waals surface area contributed by atoms with E-state index in [1.807, 2.05) is 18.2 Å². The highest BCUT2D eigenvalue weighted by atomic mass is 19.1. The van der Waals surface area contributed by atoms with Gasteiger partial charge in [-0.05, 0) is 80.3 Å². The summed E-state index contributed by atoms with van der Waals surface area (Å²) in [5.74, 6) is -1.06. The van der Waals surface area contributed by atoms with Gasteiger partial charge in [-0.15, -0.1) is 0 Å². The molecule has 0 saturated carbocycles. The molecule has 1 atom stereocenters. The molecule has 0 aliphatic carbocycles.